The summed E-state index contributed by atoms with van der Waals surface area (Å²) in [6, 6.07) is 3.92. The van der Waals surface area contributed by atoms with Gasteiger partial charge < -0.3 is 14.4 Å². The summed E-state index contributed by atoms with van der Waals surface area (Å²) in [6.45, 7) is 3.13. The van der Waals surface area contributed by atoms with Gasteiger partial charge in [0.05, 0.1) is 5.02 Å². The van der Waals surface area contributed by atoms with Gasteiger partial charge in [0.1, 0.15) is 0 Å². The van der Waals surface area contributed by atoms with Gasteiger partial charge >= 0.3 is 0 Å². The number of halogens is 1. The molecule has 0 radical (unpaired) electrons. The molecule has 1 aromatic rings. The van der Waals surface area contributed by atoms with E-state index in [9.17, 15) is 4.79 Å². The molecule has 1 fully saturated rings. The molecule has 0 aromatic heterocycles. The van der Waals surface area contributed by atoms with Crippen molar-refractivity contribution in [2.45, 2.75) is 32.2 Å². The maximum Gasteiger partial charge on any atom is 0.246 e. The Hall–Kier alpha value is -1.68. The fourth-order valence-electron chi connectivity index (χ4n) is 2.77. The van der Waals surface area contributed by atoms with Crippen LogP contribution >= 0.6 is 11.6 Å². The molecule has 112 valence electrons. The van der Waals surface area contributed by atoms with Crippen molar-refractivity contribution in [3.05, 3.63) is 28.8 Å². The lowest BCUT2D eigenvalue weighted by molar-refractivity contribution is -0.129. The number of amides is 1. The third-order valence-corrected chi connectivity index (χ3v) is 4.23. The number of benzene rings is 1. The van der Waals surface area contributed by atoms with E-state index < -0.39 is 0 Å². The molecule has 2 heterocycles. The van der Waals surface area contributed by atoms with Crippen LogP contribution in [0.25, 0.3) is 6.08 Å². The summed E-state index contributed by atoms with van der Waals surface area (Å²) in [5, 5.41) is 0.503. The summed E-state index contributed by atoms with van der Waals surface area (Å²) >= 11 is 6.13. The molecule has 2 aliphatic heterocycles. The van der Waals surface area contributed by atoms with Crippen LogP contribution in [-0.2, 0) is 4.79 Å². The average Bonchev–Trinajstić information content (AvgIpc) is 2.94. The van der Waals surface area contributed by atoms with Crippen molar-refractivity contribution in [1.29, 1.82) is 0 Å². The number of rotatable bonds is 2. The third kappa shape index (κ3) is 3.00. The van der Waals surface area contributed by atoms with Crippen LogP contribution in [0.15, 0.2) is 18.2 Å². The van der Waals surface area contributed by atoms with Gasteiger partial charge in [0.15, 0.2) is 11.5 Å². The quantitative estimate of drug-likeness (QED) is 0.785. The normalized spacial score (nSPS) is 21.0. The number of piperidine rings is 1. The highest BCUT2D eigenvalue weighted by Gasteiger charge is 2.21. The first kappa shape index (κ1) is 14.3. The third-order valence-electron chi connectivity index (χ3n) is 3.95. The Morgan fingerprint density at radius 3 is 3.05 bits per heavy atom. The molecule has 2 aliphatic rings. The van der Waals surface area contributed by atoms with E-state index in [1.165, 1.54) is 6.42 Å². The molecule has 0 aliphatic carbocycles. The van der Waals surface area contributed by atoms with E-state index >= 15 is 0 Å². The Morgan fingerprint density at radius 2 is 2.24 bits per heavy atom. The van der Waals surface area contributed by atoms with Gasteiger partial charge in [-0.25, -0.2) is 0 Å². The highest BCUT2D eigenvalue weighted by atomic mass is 35.5. The van der Waals surface area contributed by atoms with Crippen LogP contribution < -0.4 is 9.47 Å². The van der Waals surface area contributed by atoms with E-state index in [1.807, 2.05) is 11.0 Å². The SMILES string of the molecule is CC1CCCCN1C(=O)/C=C/c1cc(Cl)c2c(c1)OCO2. The standard InChI is InChI=1S/C16H18ClNO3/c1-11-4-2-3-7-18(11)15(19)6-5-12-8-13(17)16-14(9-12)20-10-21-16/h5-6,8-9,11H,2-4,7,10H2,1H3/b6-5+. The minimum absolute atomic E-state index is 0.0518. The number of likely N-dealkylation sites (tertiary alicyclic amines) is 1. The van der Waals surface area contributed by atoms with Crippen LogP contribution in [-0.4, -0.2) is 30.2 Å². The van der Waals surface area contributed by atoms with Crippen LogP contribution in [0.4, 0.5) is 0 Å². The topological polar surface area (TPSA) is 38.8 Å². The summed E-state index contributed by atoms with van der Waals surface area (Å²) in [6.07, 6.45) is 6.74. The fourth-order valence-corrected chi connectivity index (χ4v) is 3.05. The summed E-state index contributed by atoms with van der Waals surface area (Å²) in [5.41, 5.74) is 0.835. The highest BCUT2D eigenvalue weighted by Crippen LogP contribution is 2.40. The molecule has 1 aromatic carbocycles. The number of hydrogen-bond donors (Lipinski definition) is 0. The van der Waals surface area contributed by atoms with Crippen LogP contribution in [0, 0.1) is 0 Å². The van der Waals surface area contributed by atoms with Gasteiger partial charge in [0.25, 0.3) is 0 Å². The highest BCUT2D eigenvalue weighted by molar-refractivity contribution is 6.32. The van der Waals surface area contributed by atoms with Gasteiger partial charge in [-0.1, -0.05) is 11.6 Å². The zero-order valence-electron chi connectivity index (χ0n) is 12.0. The number of carbonyl (C=O) groups is 1. The van der Waals surface area contributed by atoms with Crippen molar-refractivity contribution in [3.8, 4) is 11.5 Å². The second-order valence-corrected chi connectivity index (χ2v) is 5.85. The van der Waals surface area contributed by atoms with Crippen molar-refractivity contribution in [2.75, 3.05) is 13.3 Å². The molecule has 0 saturated carbocycles. The van der Waals surface area contributed by atoms with Crippen molar-refractivity contribution in [1.82, 2.24) is 4.90 Å². The first-order valence-corrected chi connectivity index (χ1v) is 7.61. The minimum Gasteiger partial charge on any atom is -0.454 e. The summed E-state index contributed by atoms with van der Waals surface area (Å²) < 4.78 is 10.6. The molecular formula is C16H18ClNO3. The lowest BCUT2D eigenvalue weighted by Crippen LogP contribution is -2.41. The Kier molecular flexibility index (Phi) is 4.06. The fraction of sp³-hybridized carbons (Fsp3) is 0.438. The second kappa shape index (κ2) is 5.98. The smallest absolute Gasteiger partial charge is 0.246 e. The van der Waals surface area contributed by atoms with E-state index in [4.69, 9.17) is 21.1 Å². The first-order valence-electron chi connectivity index (χ1n) is 7.23. The van der Waals surface area contributed by atoms with Gasteiger partial charge in [-0.3, -0.25) is 4.79 Å². The summed E-state index contributed by atoms with van der Waals surface area (Å²) in [4.78, 5) is 14.2. The summed E-state index contributed by atoms with van der Waals surface area (Å²) in [5.74, 6) is 1.25. The maximum absolute atomic E-state index is 12.3. The van der Waals surface area contributed by atoms with E-state index in [1.54, 1.807) is 18.2 Å². The Bertz CT molecular complexity index is 585. The zero-order chi connectivity index (χ0) is 14.8. The zero-order valence-corrected chi connectivity index (χ0v) is 12.7. The van der Waals surface area contributed by atoms with Crippen molar-refractivity contribution in [3.63, 3.8) is 0 Å². The number of ether oxygens (including phenoxy) is 2. The first-order chi connectivity index (χ1) is 10.1. The molecule has 1 amide bonds. The van der Waals surface area contributed by atoms with Gasteiger partial charge in [-0.05, 0) is 50.0 Å². The van der Waals surface area contributed by atoms with Gasteiger partial charge in [-0.15, -0.1) is 0 Å². The molecule has 0 spiro atoms. The van der Waals surface area contributed by atoms with E-state index in [2.05, 4.69) is 6.92 Å². The Balaban J connectivity index is 1.74. The minimum atomic E-state index is 0.0518. The number of fused-ring (bicyclic) bond motifs is 1. The second-order valence-electron chi connectivity index (χ2n) is 5.45. The molecule has 21 heavy (non-hydrogen) atoms. The van der Waals surface area contributed by atoms with Gasteiger partial charge in [0, 0.05) is 18.7 Å². The van der Waals surface area contributed by atoms with Crippen molar-refractivity contribution in [2.24, 2.45) is 0 Å². The molecule has 1 atom stereocenters. The number of hydrogen-bond acceptors (Lipinski definition) is 3. The van der Waals surface area contributed by atoms with E-state index in [0.29, 0.717) is 22.6 Å². The average molecular weight is 308 g/mol. The van der Waals surface area contributed by atoms with Crippen LogP contribution in [0.1, 0.15) is 31.7 Å². The Labute approximate surface area is 129 Å². The lowest BCUT2D eigenvalue weighted by Gasteiger charge is -2.32. The van der Waals surface area contributed by atoms with Crippen LogP contribution in [0.5, 0.6) is 11.5 Å². The molecule has 0 bridgehead atoms. The molecule has 0 N–H and O–H groups in total. The predicted octanol–water partition coefficient (Wildman–Crippen LogP) is 3.48. The van der Waals surface area contributed by atoms with Crippen molar-refractivity contribution < 1.29 is 14.3 Å². The number of nitrogens with zero attached hydrogens (tertiary/aromatic N) is 1. The van der Waals surface area contributed by atoms with Crippen LogP contribution in [0.3, 0.4) is 0 Å². The van der Waals surface area contributed by atoms with Crippen molar-refractivity contribution >= 4 is 23.6 Å². The molecular weight excluding hydrogens is 290 g/mol. The Morgan fingerprint density at radius 1 is 1.38 bits per heavy atom. The molecule has 4 nitrogen and oxygen atoms in total. The van der Waals surface area contributed by atoms with E-state index in [0.717, 1.165) is 24.9 Å². The van der Waals surface area contributed by atoms with Gasteiger partial charge in [0.2, 0.25) is 12.7 Å². The monoisotopic (exact) mass is 307 g/mol. The van der Waals surface area contributed by atoms with E-state index in [-0.39, 0.29) is 12.7 Å². The number of carbonyl (C=O) groups excluding carboxylic acids is 1. The molecule has 1 unspecified atom stereocenters. The van der Waals surface area contributed by atoms with Crippen LogP contribution in [0.2, 0.25) is 5.02 Å². The lowest BCUT2D eigenvalue weighted by atomic mass is 10.0. The molecule has 1 saturated heterocycles. The molecule has 5 heteroatoms. The predicted molar refractivity (Wildman–Crippen MR) is 81.6 cm³/mol. The summed E-state index contributed by atoms with van der Waals surface area (Å²) in [7, 11) is 0. The largest absolute Gasteiger partial charge is 0.454 e. The maximum atomic E-state index is 12.3. The molecule has 3 rings (SSSR count). The van der Waals surface area contributed by atoms with Gasteiger partial charge in [-0.2, -0.15) is 0 Å².